The quantitative estimate of drug-likeness (QED) is 0.706. The van der Waals surface area contributed by atoms with Crippen LogP contribution in [0, 0.1) is 6.92 Å². The van der Waals surface area contributed by atoms with Gasteiger partial charge in [-0.3, -0.25) is 0 Å². The van der Waals surface area contributed by atoms with E-state index in [0.29, 0.717) is 16.3 Å². The minimum absolute atomic E-state index is 0.162. The number of alkyl halides is 3. The number of rotatable bonds is 5. The van der Waals surface area contributed by atoms with Gasteiger partial charge in [0.1, 0.15) is 18.5 Å². The van der Waals surface area contributed by atoms with Crippen molar-refractivity contribution in [3.05, 3.63) is 58.9 Å². The Bertz CT molecular complexity index is 924. The van der Waals surface area contributed by atoms with E-state index in [1.807, 2.05) is 0 Å². The Kier molecular flexibility index (Phi) is 5.11. The number of para-hydroxylation sites is 2. The second kappa shape index (κ2) is 7.17. The molecule has 3 aromatic rings. The predicted molar refractivity (Wildman–Crippen MR) is 92.4 cm³/mol. The van der Waals surface area contributed by atoms with Crippen molar-refractivity contribution in [2.45, 2.75) is 25.7 Å². The summed E-state index contributed by atoms with van der Waals surface area (Å²) < 4.78 is 46.2. The fourth-order valence-corrected chi connectivity index (χ4v) is 2.76. The molecular weight excluding hydrogens is 369 g/mol. The number of benzene rings is 2. The molecule has 0 fully saturated rings. The van der Waals surface area contributed by atoms with Crippen LogP contribution < -0.4 is 4.74 Å². The molecule has 0 bridgehead atoms. The molecule has 138 valence electrons. The molecule has 1 N–H and O–H groups in total. The monoisotopic (exact) mass is 384 g/mol. The largest absolute Gasteiger partial charge is 0.491 e. The van der Waals surface area contributed by atoms with Gasteiger partial charge in [-0.2, -0.15) is 13.2 Å². The van der Waals surface area contributed by atoms with Crippen LogP contribution in [0.3, 0.4) is 0 Å². The van der Waals surface area contributed by atoms with Gasteiger partial charge in [0.25, 0.3) is 0 Å². The molecule has 26 heavy (non-hydrogen) atoms. The van der Waals surface area contributed by atoms with E-state index in [-0.39, 0.29) is 18.7 Å². The molecule has 0 saturated carbocycles. The van der Waals surface area contributed by atoms with E-state index in [1.54, 1.807) is 37.3 Å². The Labute approximate surface area is 152 Å². The molecule has 2 aromatic carbocycles. The van der Waals surface area contributed by atoms with E-state index in [1.165, 1.54) is 12.1 Å². The molecule has 8 heteroatoms. The van der Waals surface area contributed by atoms with Crippen molar-refractivity contribution in [1.29, 1.82) is 0 Å². The number of hydrogen-bond acceptors (Lipinski definition) is 3. The van der Waals surface area contributed by atoms with Crippen LogP contribution in [0.5, 0.6) is 5.75 Å². The number of hydrogen-bond donors (Lipinski definition) is 1. The van der Waals surface area contributed by atoms with E-state index in [0.717, 1.165) is 10.1 Å². The van der Waals surface area contributed by atoms with Crippen molar-refractivity contribution in [2.75, 3.05) is 6.61 Å². The summed E-state index contributed by atoms with van der Waals surface area (Å²) in [6.45, 7) is 1.35. The summed E-state index contributed by atoms with van der Waals surface area (Å²) in [6.07, 6.45) is -5.77. The Morgan fingerprint density at radius 3 is 2.65 bits per heavy atom. The number of nitrogens with zero attached hydrogens (tertiary/aromatic N) is 2. The zero-order valence-corrected chi connectivity index (χ0v) is 14.6. The van der Waals surface area contributed by atoms with E-state index in [4.69, 9.17) is 16.3 Å². The minimum atomic E-state index is -4.62. The Balaban J connectivity index is 1.78. The van der Waals surface area contributed by atoms with Gasteiger partial charge in [-0.15, -0.1) is 0 Å². The second-order valence-corrected chi connectivity index (χ2v) is 6.32. The third-order valence-electron chi connectivity index (χ3n) is 3.87. The number of aliphatic hydroxyl groups is 1. The van der Waals surface area contributed by atoms with Gasteiger partial charge in [0.2, 0.25) is 5.82 Å². The van der Waals surface area contributed by atoms with Crippen LogP contribution in [0.25, 0.3) is 11.0 Å². The lowest BCUT2D eigenvalue weighted by Crippen LogP contribution is -2.26. The van der Waals surface area contributed by atoms with Crippen molar-refractivity contribution < 1.29 is 23.0 Å². The lowest BCUT2D eigenvalue weighted by molar-refractivity contribution is -0.147. The van der Waals surface area contributed by atoms with E-state index < -0.39 is 18.1 Å². The maximum atomic E-state index is 13.3. The topological polar surface area (TPSA) is 47.3 Å². The number of aryl methyl sites for hydroxylation is 1. The van der Waals surface area contributed by atoms with E-state index >= 15 is 0 Å². The van der Waals surface area contributed by atoms with Crippen LogP contribution in [0.1, 0.15) is 11.4 Å². The second-order valence-electron chi connectivity index (χ2n) is 5.91. The van der Waals surface area contributed by atoms with Crippen LogP contribution in [-0.4, -0.2) is 27.4 Å². The van der Waals surface area contributed by atoms with Gasteiger partial charge >= 0.3 is 6.18 Å². The molecule has 0 amide bonds. The molecule has 0 aliphatic heterocycles. The predicted octanol–water partition coefficient (Wildman–Crippen LogP) is 4.46. The van der Waals surface area contributed by atoms with Crippen molar-refractivity contribution >= 4 is 22.6 Å². The van der Waals surface area contributed by atoms with Crippen LogP contribution in [-0.2, 0) is 12.7 Å². The van der Waals surface area contributed by atoms with Crippen LogP contribution in [0.2, 0.25) is 5.02 Å². The maximum Gasteiger partial charge on any atom is 0.449 e. The van der Waals surface area contributed by atoms with Gasteiger partial charge in [0.15, 0.2) is 0 Å². The summed E-state index contributed by atoms with van der Waals surface area (Å²) >= 11 is 5.93. The average molecular weight is 385 g/mol. The number of ether oxygens (including phenoxy) is 1. The van der Waals surface area contributed by atoms with Gasteiger partial charge in [-0.05, 0) is 42.8 Å². The van der Waals surface area contributed by atoms with Gasteiger partial charge in [0, 0.05) is 5.02 Å². The Morgan fingerprint density at radius 2 is 1.96 bits per heavy atom. The SMILES string of the molecule is Cc1cc(OCC(O)Cn2c(C(F)(F)F)nc3ccccc32)ccc1Cl. The number of halogens is 4. The molecule has 0 spiro atoms. The first-order valence-corrected chi connectivity index (χ1v) is 8.23. The molecule has 1 heterocycles. The third-order valence-corrected chi connectivity index (χ3v) is 4.30. The third kappa shape index (κ3) is 3.94. The molecule has 0 aliphatic rings. The summed E-state index contributed by atoms with van der Waals surface area (Å²) in [4.78, 5) is 3.65. The molecular formula is C18H16ClF3N2O2. The smallest absolute Gasteiger partial charge is 0.449 e. The van der Waals surface area contributed by atoms with Gasteiger partial charge < -0.3 is 14.4 Å². The van der Waals surface area contributed by atoms with Crippen LogP contribution >= 0.6 is 11.6 Å². The van der Waals surface area contributed by atoms with Crippen LogP contribution in [0.4, 0.5) is 13.2 Å². The van der Waals surface area contributed by atoms with Gasteiger partial charge in [0.05, 0.1) is 17.6 Å². The molecule has 1 unspecified atom stereocenters. The molecule has 4 nitrogen and oxygen atoms in total. The Morgan fingerprint density at radius 1 is 1.23 bits per heavy atom. The fourth-order valence-electron chi connectivity index (χ4n) is 2.64. The minimum Gasteiger partial charge on any atom is -0.491 e. The van der Waals surface area contributed by atoms with Gasteiger partial charge in [-0.1, -0.05) is 23.7 Å². The zero-order valence-electron chi connectivity index (χ0n) is 13.8. The Hall–Kier alpha value is -2.25. The van der Waals surface area contributed by atoms with Crippen molar-refractivity contribution in [1.82, 2.24) is 9.55 Å². The highest BCUT2D eigenvalue weighted by atomic mass is 35.5. The first kappa shape index (κ1) is 18.5. The first-order chi connectivity index (χ1) is 12.3. The van der Waals surface area contributed by atoms with E-state index in [9.17, 15) is 18.3 Å². The van der Waals surface area contributed by atoms with Crippen molar-refractivity contribution in [3.8, 4) is 5.75 Å². The summed E-state index contributed by atoms with van der Waals surface area (Å²) in [5.41, 5.74) is 1.33. The lowest BCUT2D eigenvalue weighted by atomic mass is 10.2. The number of fused-ring (bicyclic) bond motifs is 1. The molecule has 1 atom stereocenters. The highest BCUT2D eigenvalue weighted by Gasteiger charge is 2.37. The van der Waals surface area contributed by atoms with Gasteiger partial charge in [-0.25, -0.2) is 4.98 Å². The average Bonchev–Trinajstić information content (AvgIpc) is 2.95. The fraction of sp³-hybridized carbons (Fsp3) is 0.278. The summed E-state index contributed by atoms with van der Waals surface area (Å²) in [5.74, 6) is -0.558. The summed E-state index contributed by atoms with van der Waals surface area (Å²) in [7, 11) is 0. The zero-order chi connectivity index (χ0) is 18.9. The molecule has 0 aliphatic carbocycles. The number of aromatic nitrogens is 2. The molecule has 0 saturated heterocycles. The highest BCUT2D eigenvalue weighted by Crippen LogP contribution is 2.31. The highest BCUT2D eigenvalue weighted by molar-refractivity contribution is 6.31. The summed E-state index contributed by atoms with van der Waals surface area (Å²) in [5, 5.41) is 10.8. The van der Waals surface area contributed by atoms with E-state index in [2.05, 4.69) is 4.98 Å². The van der Waals surface area contributed by atoms with Crippen molar-refractivity contribution in [3.63, 3.8) is 0 Å². The normalized spacial score (nSPS) is 13.2. The molecule has 1 aromatic heterocycles. The maximum absolute atomic E-state index is 13.3. The first-order valence-electron chi connectivity index (χ1n) is 7.85. The standard InChI is InChI=1S/C18H16ClF3N2O2/c1-11-8-13(6-7-14(11)19)26-10-12(25)9-24-16-5-3-2-4-15(16)23-17(24)18(20,21)22/h2-8,12,25H,9-10H2,1H3. The number of imidazole rings is 1. The lowest BCUT2D eigenvalue weighted by Gasteiger charge is -2.16. The van der Waals surface area contributed by atoms with Crippen LogP contribution in [0.15, 0.2) is 42.5 Å². The molecule has 3 rings (SSSR count). The number of aliphatic hydroxyl groups excluding tert-OH is 1. The van der Waals surface area contributed by atoms with Crippen molar-refractivity contribution in [2.24, 2.45) is 0 Å². The summed E-state index contributed by atoms with van der Waals surface area (Å²) in [6, 6.07) is 11.3. The molecule has 0 radical (unpaired) electrons.